The Balaban J connectivity index is 1.51. The molecule has 4 nitrogen and oxygen atoms in total. The lowest BCUT2D eigenvalue weighted by Gasteiger charge is -2.28. The quantitative estimate of drug-likeness (QED) is 0.153. The van der Waals surface area contributed by atoms with Crippen LogP contribution in [0.5, 0.6) is 5.75 Å². The van der Waals surface area contributed by atoms with E-state index in [0.717, 1.165) is 33.0 Å². The van der Waals surface area contributed by atoms with Gasteiger partial charge in [0.25, 0.3) is 5.24 Å². The van der Waals surface area contributed by atoms with Crippen LogP contribution in [-0.2, 0) is 6.61 Å². The molecule has 1 heterocycles. The van der Waals surface area contributed by atoms with Gasteiger partial charge in [-0.2, -0.15) is 0 Å². The summed E-state index contributed by atoms with van der Waals surface area (Å²) in [6.07, 6.45) is 3.22. The molecule has 38 heavy (non-hydrogen) atoms. The molecule has 0 bridgehead atoms. The maximum absolute atomic E-state index is 13.4. The SMILES string of the molecule is O=C(/C=C/[C@H]1SC(=O)N(c2ccccc2)[C@@H]1c1ccc(Br)cc1OCc1ccccc1)c1ccc(F)cc1. The topological polar surface area (TPSA) is 46.6 Å². The Morgan fingerprint density at radius 3 is 2.34 bits per heavy atom. The zero-order valence-corrected chi connectivity index (χ0v) is 22.6. The molecule has 1 amide bonds. The van der Waals surface area contributed by atoms with E-state index in [0.29, 0.717) is 17.9 Å². The first-order valence-corrected chi connectivity index (χ1v) is 13.7. The average molecular weight is 588 g/mol. The van der Waals surface area contributed by atoms with E-state index in [1.54, 1.807) is 11.0 Å². The molecule has 0 N–H and O–H groups in total. The summed E-state index contributed by atoms with van der Waals surface area (Å²) in [5.41, 5.74) is 2.99. The molecule has 0 spiro atoms. The number of anilines is 1. The van der Waals surface area contributed by atoms with Crippen molar-refractivity contribution in [1.82, 2.24) is 0 Å². The third-order valence-corrected chi connectivity index (χ3v) is 7.73. The fraction of sp³-hybridized carbons (Fsp3) is 0.0968. The van der Waals surface area contributed by atoms with Crippen LogP contribution in [0.3, 0.4) is 0 Å². The van der Waals surface area contributed by atoms with Crippen LogP contribution >= 0.6 is 27.7 Å². The first kappa shape index (κ1) is 25.9. The number of ketones is 1. The monoisotopic (exact) mass is 587 g/mol. The molecule has 0 radical (unpaired) electrons. The van der Waals surface area contributed by atoms with Crippen LogP contribution in [0.1, 0.15) is 27.5 Å². The molecule has 5 rings (SSSR count). The Morgan fingerprint density at radius 2 is 1.63 bits per heavy atom. The third kappa shape index (κ3) is 5.90. The van der Waals surface area contributed by atoms with Crippen LogP contribution in [0.25, 0.3) is 0 Å². The smallest absolute Gasteiger partial charge is 0.287 e. The van der Waals surface area contributed by atoms with Crippen molar-refractivity contribution in [2.45, 2.75) is 17.9 Å². The maximum atomic E-state index is 13.4. The largest absolute Gasteiger partial charge is 0.489 e. The van der Waals surface area contributed by atoms with Crippen molar-refractivity contribution >= 4 is 44.4 Å². The standard InChI is InChI=1S/C31H23BrFNO3S/c32-23-13-16-26(28(19-23)37-20-21-7-3-1-4-8-21)30-29(18-17-27(35)22-11-14-24(33)15-12-22)38-31(36)34(30)25-9-5-2-6-10-25/h1-19,29-30H,20H2/b18-17+/t29-,30-/m1/s1. The van der Waals surface area contributed by atoms with E-state index in [1.807, 2.05) is 78.9 Å². The molecule has 0 unspecified atom stereocenters. The molecule has 190 valence electrons. The minimum absolute atomic E-state index is 0.123. The van der Waals surface area contributed by atoms with E-state index in [1.165, 1.54) is 30.3 Å². The molecular weight excluding hydrogens is 565 g/mol. The van der Waals surface area contributed by atoms with Gasteiger partial charge in [-0.3, -0.25) is 14.5 Å². The normalized spacial score (nSPS) is 17.2. The number of allylic oxidation sites excluding steroid dienone is 1. The molecule has 1 fully saturated rings. The number of carbonyl (C=O) groups excluding carboxylic acids is 2. The van der Waals surface area contributed by atoms with E-state index >= 15 is 0 Å². The fourth-order valence-corrected chi connectivity index (χ4v) is 5.78. The Kier molecular flexibility index (Phi) is 8.05. The zero-order chi connectivity index (χ0) is 26.5. The maximum Gasteiger partial charge on any atom is 0.287 e. The van der Waals surface area contributed by atoms with Gasteiger partial charge in [0.2, 0.25) is 0 Å². The van der Waals surface area contributed by atoms with Crippen molar-refractivity contribution in [1.29, 1.82) is 0 Å². The average Bonchev–Trinajstić information content (AvgIpc) is 3.27. The highest BCUT2D eigenvalue weighted by Crippen LogP contribution is 2.48. The lowest BCUT2D eigenvalue weighted by atomic mass is 9.99. The van der Waals surface area contributed by atoms with Crippen LogP contribution in [0.2, 0.25) is 0 Å². The predicted molar refractivity (Wildman–Crippen MR) is 153 cm³/mol. The van der Waals surface area contributed by atoms with Gasteiger partial charge in [-0.1, -0.05) is 88.4 Å². The highest BCUT2D eigenvalue weighted by atomic mass is 79.9. The van der Waals surface area contributed by atoms with Crippen molar-refractivity contribution < 1.29 is 18.7 Å². The number of rotatable bonds is 8. The molecule has 4 aromatic carbocycles. The van der Waals surface area contributed by atoms with E-state index < -0.39 is 11.9 Å². The van der Waals surface area contributed by atoms with Crippen molar-refractivity contribution in [3.05, 3.63) is 142 Å². The van der Waals surface area contributed by atoms with Gasteiger partial charge >= 0.3 is 0 Å². The van der Waals surface area contributed by atoms with Crippen LogP contribution in [0, 0.1) is 5.82 Å². The lowest BCUT2D eigenvalue weighted by Crippen LogP contribution is -2.29. The van der Waals surface area contributed by atoms with Gasteiger partial charge in [0.1, 0.15) is 18.2 Å². The summed E-state index contributed by atoms with van der Waals surface area (Å²) in [5.74, 6) is -0.0154. The van der Waals surface area contributed by atoms with E-state index in [-0.39, 0.29) is 16.3 Å². The lowest BCUT2D eigenvalue weighted by molar-refractivity contribution is 0.104. The number of halogens is 2. The molecule has 1 aliphatic heterocycles. The predicted octanol–water partition coefficient (Wildman–Crippen LogP) is 8.39. The highest BCUT2D eigenvalue weighted by molar-refractivity contribution is 9.10. The molecule has 2 atom stereocenters. The summed E-state index contributed by atoms with van der Waals surface area (Å²) in [7, 11) is 0. The zero-order valence-electron chi connectivity index (χ0n) is 20.2. The van der Waals surface area contributed by atoms with E-state index in [9.17, 15) is 14.0 Å². The van der Waals surface area contributed by atoms with Crippen LogP contribution in [-0.4, -0.2) is 16.3 Å². The molecule has 1 saturated heterocycles. The first-order valence-electron chi connectivity index (χ1n) is 12.0. The number of hydrogen-bond donors (Lipinski definition) is 0. The van der Waals surface area contributed by atoms with E-state index in [2.05, 4.69) is 15.9 Å². The van der Waals surface area contributed by atoms with Crippen LogP contribution in [0.4, 0.5) is 14.9 Å². The van der Waals surface area contributed by atoms with Crippen molar-refractivity contribution in [3.8, 4) is 5.75 Å². The van der Waals surface area contributed by atoms with Gasteiger partial charge in [0.15, 0.2) is 5.78 Å². The van der Waals surface area contributed by atoms with Crippen LogP contribution < -0.4 is 9.64 Å². The number of carbonyl (C=O) groups is 2. The van der Waals surface area contributed by atoms with Crippen molar-refractivity contribution in [3.63, 3.8) is 0 Å². The Labute approximate surface area is 233 Å². The fourth-order valence-electron chi connectivity index (χ4n) is 4.32. The van der Waals surface area contributed by atoms with Gasteiger partial charge in [-0.25, -0.2) is 4.39 Å². The number of nitrogens with zero attached hydrogens (tertiary/aromatic N) is 1. The molecule has 4 aromatic rings. The van der Waals surface area contributed by atoms with Crippen molar-refractivity contribution in [2.24, 2.45) is 0 Å². The third-order valence-electron chi connectivity index (χ3n) is 6.15. The summed E-state index contributed by atoms with van der Waals surface area (Å²) in [6.45, 7) is 0.368. The molecule has 1 aliphatic rings. The minimum atomic E-state index is -0.425. The number of para-hydroxylation sites is 1. The number of ether oxygens (including phenoxy) is 1. The number of amides is 1. The Hall–Kier alpha value is -3.68. The van der Waals surface area contributed by atoms with Gasteiger partial charge in [-0.05, 0) is 60.2 Å². The van der Waals surface area contributed by atoms with Gasteiger partial charge in [0.05, 0.1) is 11.3 Å². The summed E-state index contributed by atoms with van der Waals surface area (Å²) >= 11 is 4.71. The molecule has 0 aromatic heterocycles. The van der Waals surface area contributed by atoms with Gasteiger partial charge in [-0.15, -0.1) is 0 Å². The second-order valence-corrected chi connectivity index (χ2v) is 10.7. The molecule has 0 saturated carbocycles. The summed E-state index contributed by atoms with van der Waals surface area (Å²) in [6, 6.07) is 30.1. The summed E-state index contributed by atoms with van der Waals surface area (Å²) < 4.78 is 20.5. The summed E-state index contributed by atoms with van der Waals surface area (Å²) in [5, 5.41) is -0.491. The van der Waals surface area contributed by atoms with Gasteiger partial charge < -0.3 is 4.74 Å². The number of hydrogen-bond acceptors (Lipinski definition) is 4. The highest BCUT2D eigenvalue weighted by Gasteiger charge is 2.42. The van der Waals surface area contributed by atoms with Crippen LogP contribution in [0.15, 0.2) is 120 Å². The molecule has 7 heteroatoms. The summed E-state index contributed by atoms with van der Waals surface area (Å²) in [4.78, 5) is 27.9. The minimum Gasteiger partial charge on any atom is -0.489 e. The van der Waals surface area contributed by atoms with E-state index in [4.69, 9.17) is 4.74 Å². The van der Waals surface area contributed by atoms with Crippen molar-refractivity contribution in [2.75, 3.05) is 4.90 Å². The second-order valence-electron chi connectivity index (χ2n) is 8.69. The molecule has 0 aliphatic carbocycles. The Morgan fingerprint density at radius 1 is 0.947 bits per heavy atom. The molecular formula is C31H23BrFNO3S. The first-order chi connectivity index (χ1) is 18.5. The number of benzene rings is 4. The Bertz CT molecular complexity index is 1460. The second kappa shape index (κ2) is 11.8. The van der Waals surface area contributed by atoms with Gasteiger partial charge in [0, 0.05) is 21.3 Å². The number of thioether (sulfide) groups is 1.